The van der Waals surface area contributed by atoms with Gasteiger partial charge in [0.05, 0.1) is 0 Å². The van der Waals surface area contributed by atoms with Crippen LogP contribution in [0.5, 0.6) is 0 Å². The van der Waals surface area contributed by atoms with Gasteiger partial charge in [-0.25, -0.2) is 0 Å². The normalized spacial score (nSPS) is 49.2. The fraction of sp³-hybridized carbons (Fsp3) is 0.923. The van der Waals surface area contributed by atoms with Crippen LogP contribution in [0.25, 0.3) is 0 Å². The number of carbonyl (C=O) groups is 1. The standard InChI is InChI=1S/C13H20O/c1-13(2,3)12(14)11-9-7-4-5-8(6-7)10(9)11/h7-11H,4-6H2,1-3H3. The third-order valence-electron chi connectivity index (χ3n) is 4.78. The van der Waals surface area contributed by atoms with Crippen LogP contribution < -0.4 is 0 Å². The number of ketones is 1. The van der Waals surface area contributed by atoms with E-state index in [9.17, 15) is 4.79 Å². The monoisotopic (exact) mass is 192 g/mol. The summed E-state index contributed by atoms with van der Waals surface area (Å²) in [5.41, 5.74) is -0.103. The molecule has 3 saturated carbocycles. The number of hydrogen-bond donors (Lipinski definition) is 0. The SMILES string of the molecule is CC(C)(C)C(=O)C1C2C3CCC(C3)C12. The van der Waals surface area contributed by atoms with E-state index in [1.54, 1.807) is 0 Å². The van der Waals surface area contributed by atoms with Gasteiger partial charge in [0, 0.05) is 11.3 Å². The van der Waals surface area contributed by atoms with Crippen LogP contribution in [0.15, 0.2) is 0 Å². The van der Waals surface area contributed by atoms with Gasteiger partial charge in [0.25, 0.3) is 0 Å². The Kier molecular flexibility index (Phi) is 1.55. The van der Waals surface area contributed by atoms with Crippen LogP contribution in [0, 0.1) is 35.0 Å². The number of hydrogen-bond acceptors (Lipinski definition) is 1. The topological polar surface area (TPSA) is 17.1 Å². The van der Waals surface area contributed by atoms with Crippen LogP contribution in [0.2, 0.25) is 0 Å². The van der Waals surface area contributed by atoms with E-state index in [2.05, 4.69) is 20.8 Å². The highest BCUT2D eigenvalue weighted by Crippen LogP contribution is 2.70. The summed E-state index contributed by atoms with van der Waals surface area (Å²) in [6, 6.07) is 0. The summed E-state index contributed by atoms with van der Waals surface area (Å²) in [5.74, 6) is 4.52. The van der Waals surface area contributed by atoms with Crippen molar-refractivity contribution in [3.05, 3.63) is 0 Å². The second-order valence-electron chi connectivity index (χ2n) is 6.63. The molecule has 0 amide bonds. The van der Waals surface area contributed by atoms with E-state index in [0.717, 1.165) is 23.7 Å². The molecule has 0 aromatic heterocycles. The van der Waals surface area contributed by atoms with Gasteiger partial charge < -0.3 is 0 Å². The Labute approximate surface area is 86.3 Å². The number of Topliss-reactive ketones (excluding diaryl/α,β-unsaturated/α-hetero) is 1. The van der Waals surface area contributed by atoms with Crippen molar-refractivity contribution in [2.45, 2.75) is 40.0 Å². The molecule has 3 rings (SSSR count). The van der Waals surface area contributed by atoms with Crippen LogP contribution in [0.4, 0.5) is 0 Å². The first-order valence-electron chi connectivity index (χ1n) is 6.04. The lowest BCUT2D eigenvalue weighted by atomic mass is 9.84. The average Bonchev–Trinajstić information content (AvgIpc) is 2.50. The van der Waals surface area contributed by atoms with Crippen molar-refractivity contribution in [1.29, 1.82) is 0 Å². The predicted molar refractivity (Wildman–Crippen MR) is 55.8 cm³/mol. The van der Waals surface area contributed by atoms with Crippen LogP contribution in [-0.2, 0) is 4.79 Å². The van der Waals surface area contributed by atoms with Crippen molar-refractivity contribution in [1.82, 2.24) is 0 Å². The summed E-state index contributed by atoms with van der Waals surface area (Å²) in [4.78, 5) is 12.2. The van der Waals surface area contributed by atoms with E-state index >= 15 is 0 Å². The Morgan fingerprint density at radius 3 is 2.00 bits per heavy atom. The Hall–Kier alpha value is -0.330. The molecule has 0 radical (unpaired) electrons. The molecule has 2 bridgehead atoms. The maximum Gasteiger partial charge on any atom is 0.141 e. The molecule has 0 heterocycles. The minimum atomic E-state index is -0.103. The molecular formula is C13H20O. The Balaban J connectivity index is 1.77. The average molecular weight is 192 g/mol. The van der Waals surface area contributed by atoms with E-state index in [0.29, 0.717) is 11.7 Å². The third kappa shape index (κ3) is 0.988. The molecule has 3 fully saturated rings. The number of fused-ring (bicyclic) bond motifs is 5. The van der Waals surface area contributed by atoms with Gasteiger partial charge in [-0.05, 0) is 42.9 Å². The molecule has 3 aliphatic rings. The fourth-order valence-electron chi connectivity index (χ4n) is 4.18. The van der Waals surface area contributed by atoms with Crippen LogP contribution in [0.1, 0.15) is 40.0 Å². The summed E-state index contributed by atoms with van der Waals surface area (Å²) >= 11 is 0. The van der Waals surface area contributed by atoms with Crippen molar-refractivity contribution in [3.63, 3.8) is 0 Å². The fourth-order valence-corrected chi connectivity index (χ4v) is 4.18. The highest BCUT2D eigenvalue weighted by Gasteiger charge is 2.67. The second-order valence-corrected chi connectivity index (χ2v) is 6.63. The zero-order valence-electron chi connectivity index (χ0n) is 9.42. The summed E-state index contributed by atoms with van der Waals surface area (Å²) in [5, 5.41) is 0. The van der Waals surface area contributed by atoms with Gasteiger partial charge in [0.2, 0.25) is 0 Å². The van der Waals surface area contributed by atoms with E-state index in [-0.39, 0.29) is 5.41 Å². The summed E-state index contributed by atoms with van der Waals surface area (Å²) in [6.45, 7) is 6.22. The van der Waals surface area contributed by atoms with E-state index in [1.165, 1.54) is 19.3 Å². The lowest BCUT2D eigenvalue weighted by Gasteiger charge is -2.18. The molecule has 4 atom stereocenters. The first-order chi connectivity index (χ1) is 6.50. The lowest BCUT2D eigenvalue weighted by Crippen LogP contribution is -2.24. The maximum absolute atomic E-state index is 12.2. The molecule has 1 nitrogen and oxygen atoms in total. The van der Waals surface area contributed by atoms with Crippen molar-refractivity contribution < 1.29 is 4.79 Å². The molecule has 0 spiro atoms. The smallest absolute Gasteiger partial charge is 0.141 e. The summed E-state index contributed by atoms with van der Waals surface area (Å²) in [7, 11) is 0. The van der Waals surface area contributed by atoms with Gasteiger partial charge in [-0.3, -0.25) is 4.79 Å². The van der Waals surface area contributed by atoms with Gasteiger partial charge in [-0.2, -0.15) is 0 Å². The molecule has 14 heavy (non-hydrogen) atoms. The van der Waals surface area contributed by atoms with Gasteiger partial charge in [-0.15, -0.1) is 0 Å². The molecule has 0 aliphatic heterocycles. The zero-order valence-corrected chi connectivity index (χ0v) is 9.42. The predicted octanol–water partition coefficient (Wildman–Crippen LogP) is 2.89. The van der Waals surface area contributed by atoms with Gasteiger partial charge in [0.1, 0.15) is 5.78 Å². The van der Waals surface area contributed by atoms with Gasteiger partial charge in [0.15, 0.2) is 0 Å². The highest BCUT2D eigenvalue weighted by atomic mass is 16.1. The third-order valence-corrected chi connectivity index (χ3v) is 4.78. The van der Waals surface area contributed by atoms with Crippen molar-refractivity contribution in [2.24, 2.45) is 35.0 Å². The zero-order chi connectivity index (χ0) is 10.1. The lowest BCUT2D eigenvalue weighted by molar-refractivity contribution is -0.128. The molecule has 0 saturated heterocycles. The van der Waals surface area contributed by atoms with E-state index in [4.69, 9.17) is 0 Å². The Bertz CT molecular complexity index is 270. The molecule has 78 valence electrons. The summed E-state index contributed by atoms with van der Waals surface area (Å²) < 4.78 is 0. The van der Waals surface area contributed by atoms with Gasteiger partial charge in [-0.1, -0.05) is 20.8 Å². The first kappa shape index (κ1) is 8.94. The number of carbonyl (C=O) groups excluding carboxylic acids is 1. The molecule has 0 N–H and O–H groups in total. The Morgan fingerprint density at radius 1 is 1.07 bits per heavy atom. The maximum atomic E-state index is 12.2. The van der Waals surface area contributed by atoms with E-state index in [1.807, 2.05) is 0 Å². The molecule has 0 aromatic carbocycles. The highest BCUT2D eigenvalue weighted by molar-refractivity contribution is 5.89. The largest absolute Gasteiger partial charge is 0.299 e. The van der Waals surface area contributed by atoms with Crippen molar-refractivity contribution in [3.8, 4) is 0 Å². The van der Waals surface area contributed by atoms with Gasteiger partial charge >= 0.3 is 0 Å². The molecular weight excluding hydrogens is 172 g/mol. The number of rotatable bonds is 1. The Morgan fingerprint density at radius 2 is 1.57 bits per heavy atom. The first-order valence-corrected chi connectivity index (χ1v) is 6.04. The molecule has 4 unspecified atom stereocenters. The molecule has 0 aromatic rings. The molecule has 3 aliphatic carbocycles. The minimum absolute atomic E-state index is 0.103. The van der Waals surface area contributed by atoms with Crippen molar-refractivity contribution >= 4 is 5.78 Å². The second kappa shape index (κ2) is 2.43. The van der Waals surface area contributed by atoms with Crippen LogP contribution in [-0.4, -0.2) is 5.78 Å². The quantitative estimate of drug-likeness (QED) is 0.624. The van der Waals surface area contributed by atoms with Crippen LogP contribution in [0.3, 0.4) is 0 Å². The van der Waals surface area contributed by atoms with E-state index < -0.39 is 0 Å². The van der Waals surface area contributed by atoms with Crippen LogP contribution >= 0.6 is 0 Å². The minimum Gasteiger partial charge on any atom is -0.299 e. The van der Waals surface area contributed by atoms with Crippen molar-refractivity contribution in [2.75, 3.05) is 0 Å². The summed E-state index contributed by atoms with van der Waals surface area (Å²) in [6.07, 6.45) is 4.28. The molecule has 1 heteroatoms.